The lowest BCUT2D eigenvalue weighted by atomic mass is 9.73. The van der Waals surface area contributed by atoms with Gasteiger partial charge in [-0.05, 0) is 57.0 Å². The van der Waals surface area contributed by atoms with Gasteiger partial charge in [-0.15, -0.1) is 24.0 Å². The molecule has 1 unspecified atom stereocenters. The molecule has 3 aliphatic rings. The second-order valence-corrected chi connectivity index (χ2v) is 7.97. The summed E-state index contributed by atoms with van der Waals surface area (Å²) in [6, 6.07) is 0. The van der Waals surface area contributed by atoms with E-state index in [4.69, 9.17) is 4.99 Å². The fraction of sp³-hybridized carbons (Fsp3) is 0.947. The molecule has 4 nitrogen and oxygen atoms in total. The lowest BCUT2D eigenvalue weighted by Gasteiger charge is -2.33. The van der Waals surface area contributed by atoms with Gasteiger partial charge in [-0.2, -0.15) is 0 Å². The molecule has 1 saturated carbocycles. The number of aliphatic imine (C=N–C) groups is 1. The van der Waals surface area contributed by atoms with Crippen molar-refractivity contribution in [3.05, 3.63) is 0 Å². The normalized spacial score (nSPS) is 27.5. The van der Waals surface area contributed by atoms with E-state index >= 15 is 0 Å². The molecule has 0 bridgehead atoms. The van der Waals surface area contributed by atoms with E-state index < -0.39 is 0 Å². The number of nitrogens with one attached hydrogen (secondary N) is 1. The first-order valence-electron chi connectivity index (χ1n) is 10.0. The van der Waals surface area contributed by atoms with Gasteiger partial charge in [0.15, 0.2) is 5.96 Å². The van der Waals surface area contributed by atoms with Gasteiger partial charge in [-0.25, -0.2) is 0 Å². The topological polar surface area (TPSA) is 30.9 Å². The molecule has 140 valence electrons. The first-order valence-corrected chi connectivity index (χ1v) is 10.0. The van der Waals surface area contributed by atoms with Crippen LogP contribution in [0.5, 0.6) is 0 Å². The number of halogens is 1. The summed E-state index contributed by atoms with van der Waals surface area (Å²) in [5.74, 6) is 1.94. The van der Waals surface area contributed by atoms with Crippen molar-refractivity contribution in [2.24, 2.45) is 16.3 Å². The molecule has 0 aromatic heterocycles. The third-order valence-corrected chi connectivity index (χ3v) is 6.30. The van der Waals surface area contributed by atoms with E-state index in [9.17, 15) is 0 Å². The van der Waals surface area contributed by atoms with Crippen LogP contribution in [0, 0.1) is 11.3 Å². The summed E-state index contributed by atoms with van der Waals surface area (Å²) in [6.45, 7) is 12.6. The molecule has 2 saturated heterocycles. The van der Waals surface area contributed by atoms with Gasteiger partial charge in [0.2, 0.25) is 0 Å². The van der Waals surface area contributed by atoms with Gasteiger partial charge in [0.25, 0.3) is 0 Å². The Bertz CT molecular complexity index is 406. The molecule has 1 atom stereocenters. The molecule has 0 amide bonds. The number of hydrogen-bond acceptors (Lipinski definition) is 2. The molecule has 3 fully saturated rings. The van der Waals surface area contributed by atoms with Crippen molar-refractivity contribution in [2.45, 2.75) is 58.8 Å². The van der Waals surface area contributed by atoms with Crippen LogP contribution in [0.1, 0.15) is 58.8 Å². The summed E-state index contributed by atoms with van der Waals surface area (Å²) < 4.78 is 0. The van der Waals surface area contributed by atoms with E-state index in [1.54, 1.807) is 0 Å². The summed E-state index contributed by atoms with van der Waals surface area (Å²) in [5.41, 5.74) is 0.612. The van der Waals surface area contributed by atoms with Crippen molar-refractivity contribution >= 4 is 29.9 Å². The van der Waals surface area contributed by atoms with Crippen molar-refractivity contribution in [3.63, 3.8) is 0 Å². The SMILES string of the molecule is CCNC(=NCC1CCN(CC)C1)N1CCC2(CCCCC2)C1.I. The van der Waals surface area contributed by atoms with Gasteiger partial charge < -0.3 is 15.1 Å². The predicted molar refractivity (Wildman–Crippen MR) is 113 cm³/mol. The summed E-state index contributed by atoms with van der Waals surface area (Å²) in [7, 11) is 0. The fourth-order valence-corrected chi connectivity index (χ4v) is 4.82. The standard InChI is InChI=1S/C19H36N4.HI/c1-3-20-18(21-14-17-8-12-22(4-2)15-17)23-13-11-19(16-23)9-6-5-7-10-19;/h17H,3-16H2,1-2H3,(H,20,21);1H. The van der Waals surface area contributed by atoms with Crippen molar-refractivity contribution in [1.82, 2.24) is 15.1 Å². The predicted octanol–water partition coefficient (Wildman–Crippen LogP) is 3.57. The van der Waals surface area contributed by atoms with Gasteiger partial charge >= 0.3 is 0 Å². The first kappa shape index (κ1) is 20.3. The third-order valence-electron chi connectivity index (χ3n) is 6.30. The zero-order valence-corrected chi connectivity index (χ0v) is 18.1. The minimum absolute atomic E-state index is 0. The van der Waals surface area contributed by atoms with Crippen LogP contribution in [-0.2, 0) is 0 Å². The summed E-state index contributed by atoms with van der Waals surface area (Å²) >= 11 is 0. The van der Waals surface area contributed by atoms with E-state index in [-0.39, 0.29) is 24.0 Å². The minimum Gasteiger partial charge on any atom is -0.357 e. The zero-order valence-electron chi connectivity index (χ0n) is 15.7. The van der Waals surface area contributed by atoms with Crippen LogP contribution in [-0.4, -0.2) is 61.6 Å². The monoisotopic (exact) mass is 448 g/mol. The maximum absolute atomic E-state index is 5.03. The molecular weight excluding hydrogens is 411 g/mol. The average Bonchev–Trinajstić information content (AvgIpc) is 3.20. The van der Waals surface area contributed by atoms with Gasteiger partial charge in [-0.1, -0.05) is 26.2 Å². The van der Waals surface area contributed by atoms with Crippen LogP contribution in [0.4, 0.5) is 0 Å². The van der Waals surface area contributed by atoms with Crippen LogP contribution >= 0.6 is 24.0 Å². The van der Waals surface area contributed by atoms with Crippen LogP contribution in [0.25, 0.3) is 0 Å². The highest BCUT2D eigenvalue weighted by Gasteiger charge is 2.39. The molecule has 0 aromatic rings. The second-order valence-electron chi connectivity index (χ2n) is 7.97. The summed E-state index contributed by atoms with van der Waals surface area (Å²) in [4.78, 5) is 10.1. The molecule has 5 heteroatoms. The van der Waals surface area contributed by atoms with E-state index in [0.717, 1.165) is 19.0 Å². The maximum Gasteiger partial charge on any atom is 0.193 e. The van der Waals surface area contributed by atoms with E-state index in [0.29, 0.717) is 5.41 Å². The van der Waals surface area contributed by atoms with Crippen LogP contribution in [0.2, 0.25) is 0 Å². The number of hydrogen-bond donors (Lipinski definition) is 1. The Balaban J connectivity index is 0.00000208. The molecular formula is C19H37IN4. The molecule has 3 rings (SSSR count). The minimum atomic E-state index is 0. The smallest absolute Gasteiger partial charge is 0.193 e. The van der Waals surface area contributed by atoms with E-state index in [1.807, 2.05) is 0 Å². The summed E-state index contributed by atoms with van der Waals surface area (Å²) in [5, 5.41) is 3.56. The van der Waals surface area contributed by atoms with Crippen molar-refractivity contribution < 1.29 is 0 Å². The number of nitrogens with zero attached hydrogens (tertiary/aromatic N) is 3. The van der Waals surface area contributed by atoms with Crippen LogP contribution in [0.15, 0.2) is 4.99 Å². The third kappa shape index (κ3) is 4.99. The fourth-order valence-electron chi connectivity index (χ4n) is 4.82. The highest BCUT2D eigenvalue weighted by atomic mass is 127. The van der Waals surface area contributed by atoms with Crippen LogP contribution < -0.4 is 5.32 Å². The van der Waals surface area contributed by atoms with Gasteiger partial charge in [0, 0.05) is 32.7 Å². The van der Waals surface area contributed by atoms with Gasteiger partial charge in [0.05, 0.1) is 0 Å². The largest absolute Gasteiger partial charge is 0.357 e. The molecule has 1 aliphatic carbocycles. The Hall–Kier alpha value is -0.0400. The summed E-state index contributed by atoms with van der Waals surface area (Å²) in [6.07, 6.45) is 9.91. The molecule has 2 aliphatic heterocycles. The number of guanidine groups is 1. The second kappa shape index (κ2) is 9.60. The first-order chi connectivity index (χ1) is 11.2. The Morgan fingerprint density at radius 2 is 1.92 bits per heavy atom. The van der Waals surface area contributed by atoms with Crippen molar-refractivity contribution in [2.75, 3.05) is 45.8 Å². The lowest BCUT2D eigenvalue weighted by molar-refractivity contribution is 0.203. The molecule has 2 heterocycles. The molecule has 1 spiro atoms. The van der Waals surface area contributed by atoms with E-state index in [2.05, 4.69) is 29.0 Å². The molecule has 24 heavy (non-hydrogen) atoms. The van der Waals surface area contributed by atoms with Gasteiger partial charge in [0.1, 0.15) is 0 Å². The number of likely N-dealkylation sites (tertiary alicyclic amines) is 2. The van der Waals surface area contributed by atoms with E-state index in [1.165, 1.54) is 83.6 Å². The van der Waals surface area contributed by atoms with Crippen LogP contribution in [0.3, 0.4) is 0 Å². The molecule has 0 radical (unpaired) electrons. The maximum atomic E-state index is 5.03. The Labute approximate surface area is 165 Å². The Kier molecular flexibility index (Phi) is 8.11. The van der Waals surface area contributed by atoms with Gasteiger partial charge in [-0.3, -0.25) is 4.99 Å². The Morgan fingerprint density at radius 1 is 1.12 bits per heavy atom. The number of rotatable bonds is 4. The highest BCUT2D eigenvalue weighted by molar-refractivity contribution is 14.0. The van der Waals surface area contributed by atoms with Crippen molar-refractivity contribution in [1.29, 1.82) is 0 Å². The molecule has 0 aromatic carbocycles. The average molecular weight is 448 g/mol. The Morgan fingerprint density at radius 3 is 2.58 bits per heavy atom. The zero-order chi connectivity index (χ0) is 16.1. The molecule has 1 N–H and O–H groups in total. The highest BCUT2D eigenvalue weighted by Crippen LogP contribution is 2.43. The lowest BCUT2D eigenvalue weighted by Crippen LogP contribution is -2.42. The van der Waals surface area contributed by atoms with Crippen molar-refractivity contribution in [3.8, 4) is 0 Å². The quantitative estimate of drug-likeness (QED) is 0.405.